The number of aromatic hydroxyl groups is 2. The van der Waals surface area contributed by atoms with Gasteiger partial charge in [-0.05, 0) is 65.9 Å². The number of thioether (sulfide) groups is 1. The number of amidine groups is 1. The van der Waals surface area contributed by atoms with E-state index in [1.165, 1.54) is 11.8 Å². The minimum absolute atomic E-state index is 0.209. The molecule has 6 nitrogen and oxygen atoms in total. The SMILES string of the molecule is CSC(=N/N=C/c1ccc(O)cc1)N/N=C/c1ccc(O)cc1. The third kappa shape index (κ3) is 5.84. The highest BCUT2D eigenvalue weighted by Gasteiger charge is 1.94. The molecule has 0 radical (unpaired) electrons. The largest absolute Gasteiger partial charge is 0.508 e. The molecule has 0 heterocycles. The topological polar surface area (TPSA) is 89.6 Å². The van der Waals surface area contributed by atoms with Crippen LogP contribution in [0.3, 0.4) is 0 Å². The Balaban J connectivity index is 1.93. The van der Waals surface area contributed by atoms with Crippen LogP contribution in [0.5, 0.6) is 11.5 Å². The first-order valence-corrected chi connectivity index (χ1v) is 7.92. The first-order chi connectivity index (χ1) is 11.2. The summed E-state index contributed by atoms with van der Waals surface area (Å²) in [4.78, 5) is 0. The standard InChI is InChI=1S/C16H16N4O2S/c1-23-16(19-17-10-12-2-6-14(21)7-3-12)20-18-11-13-4-8-15(22)9-5-13/h2-11,21-22H,1H3,(H,19,20)/b17-10+,18-11+. The van der Waals surface area contributed by atoms with E-state index in [0.717, 1.165) is 11.1 Å². The molecule has 2 rings (SSSR count). The Kier molecular flexibility index (Phi) is 6.19. The van der Waals surface area contributed by atoms with Crippen molar-refractivity contribution in [1.82, 2.24) is 5.43 Å². The molecular formula is C16H16N4O2S. The lowest BCUT2D eigenvalue weighted by atomic mass is 10.2. The summed E-state index contributed by atoms with van der Waals surface area (Å²) in [5.41, 5.74) is 4.48. The molecule has 0 aliphatic carbocycles. The van der Waals surface area contributed by atoms with Gasteiger partial charge in [0.05, 0.1) is 12.4 Å². The Morgan fingerprint density at radius 1 is 0.913 bits per heavy atom. The molecular weight excluding hydrogens is 312 g/mol. The van der Waals surface area contributed by atoms with Crippen molar-refractivity contribution in [2.24, 2.45) is 15.3 Å². The Morgan fingerprint density at radius 2 is 1.43 bits per heavy atom. The van der Waals surface area contributed by atoms with E-state index in [2.05, 4.69) is 20.7 Å². The molecule has 23 heavy (non-hydrogen) atoms. The summed E-state index contributed by atoms with van der Waals surface area (Å²) >= 11 is 1.38. The fourth-order valence-corrected chi connectivity index (χ4v) is 1.81. The molecule has 2 aromatic rings. The average Bonchev–Trinajstić information content (AvgIpc) is 2.57. The van der Waals surface area contributed by atoms with Crippen LogP contribution in [-0.2, 0) is 0 Å². The smallest absolute Gasteiger partial charge is 0.203 e. The van der Waals surface area contributed by atoms with E-state index in [-0.39, 0.29) is 11.5 Å². The van der Waals surface area contributed by atoms with Gasteiger partial charge in [-0.15, -0.1) is 5.10 Å². The molecule has 0 bridgehead atoms. The molecule has 7 heteroatoms. The summed E-state index contributed by atoms with van der Waals surface area (Å²) in [7, 11) is 0. The average molecular weight is 328 g/mol. The normalized spacial score (nSPS) is 12.1. The molecule has 2 aromatic carbocycles. The zero-order valence-corrected chi connectivity index (χ0v) is 13.2. The van der Waals surface area contributed by atoms with Gasteiger partial charge in [-0.25, -0.2) is 0 Å². The number of hydrogen-bond acceptors (Lipinski definition) is 6. The third-order valence-electron chi connectivity index (χ3n) is 2.71. The van der Waals surface area contributed by atoms with Crippen molar-refractivity contribution >= 4 is 29.4 Å². The van der Waals surface area contributed by atoms with Crippen molar-refractivity contribution in [3.63, 3.8) is 0 Å². The molecule has 3 N–H and O–H groups in total. The molecule has 0 aliphatic heterocycles. The molecule has 0 aliphatic rings. The van der Waals surface area contributed by atoms with E-state index < -0.39 is 0 Å². The van der Waals surface area contributed by atoms with E-state index in [1.54, 1.807) is 61.0 Å². The van der Waals surface area contributed by atoms with E-state index >= 15 is 0 Å². The lowest BCUT2D eigenvalue weighted by molar-refractivity contribution is 0.475. The second kappa shape index (κ2) is 8.60. The van der Waals surface area contributed by atoms with E-state index in [0.29, 0.717) is 5.17 Å². The predicted octanol–water partition coefficient (Wildman–Crippen LogP) is 2.77. The Morgan fingerprint density at radius 3 is 1.96 bits per heavy atom. The van der Waals surface area contributed by atoms with Crippen molar-refractivity contribution in [3.8, 4) is 11.5 Å². The highest BCUT2D eigenvalue weighted by Crippen LogP contribution is 2.08. The maximum absolute atomic E-state index is 9.20. The lowest BCUT2D eigenvalue weighted by Crippen LogP contribution is -2.13. The van der Waals surface area contributed by atoms with Crippen molar-refractivity contribution < 1.29 is 10.2 Å². The number of nitrogens with zero attached hydrogens (tertiary/aromatic N) is 3. The summed E-state index contributed by atoms with van der Waals surface area (Å²) < 4.78 is 0. The molecule has 0 unspecified atom stereocenters. The maximum atomic E-state index is 9.20. The van der Waals surface area contributed by atoms with Crippen molar-refractivity contribution in [2.45, 2.75) is 0 Å². The first kappa shape index (κ1) is 16.6. The Hall–Kier alpha value is -2.80. The van der Waals surface area contributed by atoms with Gasteiger partial charge in [-0.3, -0.25) is 5.43 Å². The van der Waals surface area contributed by atoms with E-state index in [1.807, 2.05) is 6.26 Å². The fourth-order valence-electron chi connectivity index (χ4n) is 1.54. The Bertz CT molecular complexity index is 710. The summed E-state index contributed by atoms with van der Waals surface area (Å²) in [6.45, 7) is 0. The van der Waals surface area contributed by atoms with Gasteiger partial charge in [0.15, 0.2) is 0 Å². The van der Waals surface area contributed by atoms with Gasteiger partial charge in [0, 0.05) is 0 Å². The van der Waals surface area contributed by atoms with Crippen LogP contribution in [0.4, 0.5) is 0 Å². The van der Waals surface area contributed by atoms with Gasteiger partial charge in [0.25, 0.3) is 0 Å². The molecule has 0 saturated heterocycles. The zero-order valence-electron chi connectivity index (χ0n) is 12.4. The molecule has 0 spiro atoms. The molecule has 0 aromatic heterocycles. The second-order valence-electron chi connectivity index (χ2n) is 4.41. The first-order valence-electron chi connectivity index (χ1n) is 6.69. The van der Waals surface area contributed by atoms with Crippen LogP contribution in [-0.4, -0.2) is 34.1 Å². The van der Waals surface area contributed by atoms with Gasteiger partial charge in [0.1, 0.15) is 11.5 Å². The van der Waals surface area contributed by atoms with Crippen LogP contribution in [0.1, 0.15) is 11.1 Å². The highest BCUT2D eigenvalue weighted by atomic mass is 32.2. The lowest BCUT2D eigenvalue weighted by Gasteiger charge is -1.99. The summed E-state index contributed by atoms with van der Waals surface area (Å²) in [5.74, 6) is 0.422. The van der Waals surface area contributed by atoms with Crippen LogP contribution in [0.25, 0.3) is 0 Å². The van der Waals surface area contributed by atoms with Crippen molar-refractivity contribution in [2.75, 3.05) is 6.26 Å². The number of phenols is 2. The van der Waals surface area contributed by atoms with Crippen molar-refractivity contribution in [1.29, 1.82) is 0 Å². The number of rotatable bonds is 4. The maximum Gasteiger partial charge on any atom is 0.203 e. The number of hydrazone groups is 1. The molecule has 0 atom stereocenters. The van der Waals surface area contributed by atoms with E-state index in [9.17, 15) is 10.2 Å². The minimum Gasteiger partial charge on any atom is -0.508 e. The molecule has 0 saturated carbocycles. The Labute approximate surface area is 138 Å². The molecule has 0 fully saturated rings. The van der Waals surface area contributed by atoms with Crippen LogP contribution in [0.15, 0.2) is 63.8 Å². The third-order valence-corrected chi connectivity index (χ3v) is 3.27. The van der Waals surface area contributed by atoms with Crippen LogP contribution >= 0.6 is 11.8 Å². The van der Waals surface area contributed by atoms with Crippen LogP contribution in [0, 0.1) is 0 Å². The molecule has 118 valence electrons. The minimum atomic E-state index is 0.209. The van der Waals surface area contributed by atoms with Gasteiger partial charge < -0.3 is 10.2 Å². The van der Waals surface area contributed by atoms with Gasteiger partial charge in [-0.2, -0.15) is 10.2 Å². The summed E-state index contributed by atoms with van der Waals surface area (Å²) in [5, 5.41) is 31.0. The number of hydrogen-bond donors (Lipinski definition) is 3. The predicted molar refractivity (Wildman–Crippen MR) is 95.5 cm³/mol. The van der Waals surface area contributed by atoms with Crippen LogP contribution < -0.4 is 5.43 Å². The summed E-state index contributed by atoms with van der Waals surface area (Å²) in [6, 6.07) is 13.3. The quantitative estimate of drug-likeness (QED) is 0.457. The van der Waals surface area contributed by atoms with Gasteiger partial charge >= 0.3 is 0 Å². The van der Waals surface area contributed by atoms with Crippen LogP contribution in [0.2, 0.25) is 0 Å². The summed E-state index contributed by atoms with van der Waals surface area (Å²) in [6.07, 6.45) is 5.06. The monoisotopic (exact) mass is 328 g/mol. The number of nitrogens with one attached hydrogen (secondary N) is 1. The van der Waals surface area contributed by atoms with Gasteiger partial charge in [-0.1, -0.05) is 11.8 Å². The highest BCUT2D eigenvalue weighted by molar-refractivity contribution is 8.13. The van der Waals surface area contributed by atoms with E-state index in [4.69, 9.17) is 0 Å². The second-order valence-corrected chi connectivity index (χ2v) is 5.20. The fraction of sp³-hybridized carbons (Fsp3) is 0.0625. The van der Waals surface area contributed by atoms with Gasteiger partial charge in [0.2, 0.25) is 5.17 Å². The number of phenolic OH excluding ortho intramolecular Hbond substituents is 2. The zero-order chi connectivity index (χ0) is 16.5. The number of benzene rings is 2. The van der Waals surface area contributed by atoms with Crippen molar-refractivity contribution in [3.05, 3.63) is 59.7 Å². The molecule has 0 amide bonds.